The Morgan fingerprint density at radius 1 is 1.62 bits per heavy atom. The normalized spacial score (nSPS) is 10.1. The molecule has 1 amide bonds. The van der Waals surface area contributed by atoms with Crippen molar-refractivity contribution < 1.29 is 4.79 Å². The highest BCUT2D eigenvalue weighted by molar-refractivity contribution is 7.18. The van der Waals surface area contributed by atoms with Crippen LogP contribution in [-0.4, -0.2) is 17.4 Å². The summed E-state index contributed by atoms with van der Waals surface area (Å²) in [7, 11) is 0. The zero-order chi connectivity index (χ0) is 9.84. The van der Waals surface area contributed by atoms with Gasteiger partial charge in [0.25, 0.3) is 5.91 Å². The number of nitrogens with zero attached hydrogens (tertiary/aromatic N) is 1. The molecule has 0 fully saturated rings. The molecule has 0 atom stereocenters. The number of hydrogen-bond acceptors (Lipinski definition) is 3. The summed E-state index contributed by atoms with van der Waals surface area (Å²) in [5.74, 6) is -0.212. The van der Waals surface area contributed by atoms with Gasteiger partial charge in [-0.05, 0) is 6.42 Å². The van der Waals surface area contributed by atoms with E-state index in [0.717, 1.165) is 17.8 Å². The molecule has 0 aliphatic heterocycles. The van der Waals surface area contributed by atoms with E-state index in [9.17, 15) is 4.79 Å². The minimum atomic E-state index is -0.212. The Bertz CT molecular complexity index is 313. The molecule has 0 aliphatic carbocycles. The van der Waals surface area contributed by atoms with Gasteiger partial charge in [0.05, 0.1) is 0 Å². The molecule has 1 heterocycles. The highest BCUT2D eigenvalue weighted by Gasteiger charge is 2.14. The van der Waals surface area contributed by atoms with Crippen molar-refractivity contribution in [2.75, 3.05) is 6.54 Å². The summed E-state index contributed by atoms with van der Waals surface area (Å²) in [5, 5.41) is 2.86. The number of rotatable bonds is 3. The molecule has 1 aromatic heterocycles. The first-order chi connectivity index (χ1) is 6.15. The Hall–Kier alpha value is -0.320. The van der Waals surface area contributed by atoms with E-state index in [4.69, 9.17) is 23.2 Å². The van der Waals surface area contributed by atoms with Crippen LogP contribution in [0.3, 0.4) is 0 Å². The molecule has 13 heavy (non-hydrogen) atoms. The number of hydrogen-bond donors (Lipinski definition) is 1. The first-order valence-corrected chi connectivity index (χ1v) is 5.32. The van der Waals surface area contributed by atoms with Crippen molar-refractivity contribution in [2.24, 2.45) is 0 Å². The van der Waals surface area contributed by atoms with Crippen LogP contribution in [0.4, 0.5) is 0 Å². The fraction of sp³-hybridized carbons (Fsp3) is 0.429. The third-order valence-electron chi connectivity index (χ3n) is 1.30. The number of nitrogens with one attached hydrogen (secondary N) is 1. The number of amides is 1. The van der Waals surface area contributed by atoms with Crippen LogP contribution in [0.1, 0.15) is 23.0 Å². The molecule has 0 bridgehead atoms. The second kappa shape index (κ2) is 4.79. The standard InChI is InChI=1S/C7H8Cl2N2OS/c1-2-3-10-6(12)4-5(8)11-7(9)13-4/h2-3H2,1H3,(H,10,12). The summed E-state index contributed by atoms with van der Waals surface area (Å²) in [6.07, 6.45) is 0.885. The van der Waals surface area contributed by atoms with Gasteiger partial charge in [-0.3, -0.25) is 4.79 Å². The first-order valence-electron chi connectivity index (χ1n) is 3.75. The van der Waals surface area contributed by atoms with Gasteiger partial charge in [-0.25, -0.2) is 4.98 Å². The van der Waals surface area contributed by atoms with Gasteiger partial charge >= 0.3 is 0 Å². The summed E-state index contributed by atoms with van der Waals surface area (Å²) < 4.78 is 0.284. The van der Waals surface area contributed by atoms with Crippen LogP contribution >= 0.6 is 34.5 Å². The molecule has 0 saturated carbocycles. The molecular weight excluding hydrogens is 231 g/mol. The van der Waals surface area contributed by atoms with E-state index in [1.54, 1.807) is 0 Å². The highest BCUT2D eigenvalue weighted by atomic mass is 35.5. The fourth-order valence-electron chi connectivity index (χ4n) is 0.736. The molecule has 1 aromatic rings. The fourth-order valence-corrected chi connectivity index (χ4v) is 2.03. The number of aromatic nitrogens is 1. The average molecular weight is 239 g/mol. The molecule has 0 radical (unpaired) electrons. The van der Waals surface area contributed by atoms with Crippen molar-refractivity contribution in [3.63, 3.8) is 0 Å². The molecule has 0 saturated heterocycles. The molecule has 6 heteroatoms. The highest BCUT2D eigenvalue weighted by Crippen LogP contribution is 2.26. The summed E-state index contributed by atoms with van der Waals surface area (Å²) in [6.45, 7) is 2.60. The van der Waals surface area contributed by atoms with Crippen molar-refractivity contribution >= 4 is 40.4 Å². The van der Waals surface area contributed by atoms with Crippen LogP contribution in [-0.2, 0) is 0 Å². The van der Waals surface area contributed by atoms with E-state index in [0.29, 0.717) is 11.4 Å². The van der Waals surface area contributed by atoms with Crippen molar-refractivity contribution in [3.05, 3.63) is 14.5 Å². The lowest BCUT2D eigenvalue weighted by Crippen LogP contribution is -2.23. The number of thiazole rings is 1. The van der Waals surface area contributed by atoms with Crippen molar-refractivity contribution in [2.45, 2.75) is 13.3 Å². The maximum absolute atomic E-state index is 11.4. The lowest BCUT2D eigenvalue weighted by molar-refractivity contribution is 0.0957. The van der Waals surface area contributed by atoms with Crippen LogP contribution in [0, 0.1) is 0 Å². The SMILES string of the molecule is CCCNC(=O)c1sc(Cl)nc1Cl. The number of carbonyl (C=O) groups excluding carboxylic acids is 1. The monoisotopic (exact) mass is 238 g/mol. The van der Waals surface area contributed by atoms with Gasteiger partial charge in [-0.2, -0.15) is 0 Å². The van der Waals surface area contributed by atoms with Crippen LogP contribution in [0.5, 0.6) is 0 Å². The maximum Gasteiger partial charge on any atom is 0.264 e. The van der Waals surface area contributed by atoms with Crippen molar-refractivity contribution in [1.82, 2.24) is 10.3 Å². The van der Waals surface area contributed by atoms with Crippen molar-refractivity contribution in [1.29, 1.82) is 0 Å². The van der Waals surface area contributed by atoms with Gasteiger partial charge in [-0.1, -0.05) is 41.5 Å². The Labute approximate surface area is 90.1 Å². The van der Waals surface area contributed by atoms with Crippen LogP contribution < -0.4 is 5.32 Å². The van der Waals surface area contributed by atoms with E-state index in [1.807, 2.05) is 6.92 Å². The van der Waals surface area contributed by atoms with Crippen LogP contribution in [0.2, 0.25) is 9.62 Å². The third-order valence-corrected chi connectivity index (χ3v) is 2.85. The molecular formula is C7H8Cl2N2OS. The topological polar surface area (TPSA) is 42.0 Å². The molecule has 0 aromatic carbocycles. The summed E-state index contributed by atoms with van der Waals surface area (Å²) >= 11 is 12.3. The lowest BCUT2D eigenvalue weighted by atomic mass is 10.4. The average Bonchev–Trinajstić information content (AvgIpc) is 2.41. The van der Waals surface area contributed by atoms with E-state index in [2.05, 4.69) is 10.3 Å². The molecule has 1 rings (SSSR count). The number of halogens is 2. The summed E-state index contributed by atoms with van der Waals surface area (Å²) in [6, 6.07) is 0. The van der Waals surface area contributed by atoms with E-state index < -0.39 is 0 Å². The molecule has 0 aliphatic rings. The second-order valence-electron chi connectivity index (χ2n) is 2.34. The summed E-state index contributed by atoms with van der Waals surface area (Å²) in [4.78, 5) is 15.5. The van der Waals surface area contributed by atoms with Crippen LogP contribution in [0.15, 0.2) is 0 Å². The maximum atomic E-state index is 11.4. The third kappa shape index (κ3) is 2.83. The second-order valence-corrected chi connectivity index (χ2v) is 4.28. The quantitative estimate of drug-likeness (QED) is 0.880. The Balaban J connectivity index is 2.70. The Morgan fingerprint density at radius 3 is 2.77 bits per heavy atom. The smallest absolute Gasteiger partial charge is 0.264 e. The van der Waals surface area contributed by atoms with Crippen molar-refractivity contribution in [3.8, 4) is 0 Å². The molecule has 72 valence electrons. The zero-order valence-corrected chi connectivity index (χ0v) is 9.26. The molecule has 0 unspecified atom stereocenters. The zero-order valence-electron chi connectivity index (χ0n) is 6.93. The van der Waals surface area contributed by atoms with Gasteiger partial charge in [0.1, 0.15) is 4.88 Å². The first kappa shape index (κ1) is 10.8. The van der Waals surface area contributed by atoms with Gasteiger partial charge in [0.15, 0.2) is 9.62 Å². The lowest BCUT2D eigenvalue weighted by Gasteiger charge is -1.99. The molecule has 1 N–H and O–H groups in total. The van der Waals surface area contributed by atoms with Gasteiger partial charge in [0, 0.05) is 6.54 Å². The molecule has 0 spiro atoms. The Morgan fingerprint density at radius 2 is 2.31 bits per heavy atom. The minimum Gasteiger partial charge on any atom is -0.351 e. The largest absolute Gasteiger partial charge is 0.351 e. The van der Waals surface area contributed by atoms with Gasteiger partial charge < -0.3 is 5.32 Å². The van der Waals surface area contributed by atoms with E-state index in [1.165, 1.54) is 0 Å². The predicted octanol–water partition coefficient (Wildman–Crippen LogP) is 2.59. The predicted molar refractivity (Wildman–Crippen MR) is 54.8 cm³/mol. The molecule has 3 nitrogen and oxygen atoms in total. The van der Waals surface area contributed by atoms with Gasteiger partial charge in [0.2, 0.25) is 0 Å². The van der Waals surface area contributed by atoms with E-state index in [-0.39, 0.29) is 15.5 Å². The summed E-state index contributed by atoms with van der Waals surface area (Å²) in [5.41, 5.74) is 0. The van der Waals surface area contributed by atoms with Gasteiger partial charge in [-0.15, -0.1) is 0 Å². The minimum absolute atomic E-state index is 0.170. The number of carbonyl (C=O) groups is 1. The van der Waals surface area contributed by atoms with Crippen LogP contribution in [0.25, 0.3) is 0 Å². The Kier molecular flexibility index (Phi) is 3.96. The van der Waals surface area contributed by atoms with E-state index >= 15 is 0 Å².